The van der Waals surface area contributed by atoms with E-state index in [9.17, 15) is 5.11 Å². The van der Waals surface area contributed by atoms with Crippen molar-refractivity contribution in [3.63, 3.8) is 0 Å². The average molecular weight is 362 g/mol. The summed E-state index contributed by atoms with van der Waals surface area (Å²) in [5, 5.41) is 10.7. The first-order chi connectivity index (χ1) is 12.7. The van der Waals surface area contributed by atoms with Crippen LogP contribution in [0, 0.1) is 0 Å². The minimum atomic E-state index is 0.292. The maximum absolute atomic E-state index is 10.7. The summed E-state index contributed by atoms with van der Waals surface area (Å²) in [7, 11) is 2.18. The maximum atomic E-state index is 10.7. The molecule has 0 aliphatic carbocycles. The fourth-order valence-electron chi connectivity index (χ4n) is 3.65. The van der Waals surface area contributed by atoms with Crippen LogP contribution < -0.4 is 0 Å². The number of likely N-dealkylation sites (N-methyl/N-ethyl adjacent to an activating group) is 1. The van der Waals surface area contributed by atoms with Crippen LogP contribution in [0.2, 0.25) is 0 Å². The standard InChI is InChI=1S/C23H23NOS/c1-24-13-12-18-14-23(26-19-10-6-3-7-11-19)22(25)15-20(18)21(16-24)17-8-4-2-5-9-17/h2-11,14-15,21,25H,12-13,16H2,1H3. The number of phenolic OH excluding ortho intramolecular Hbond substituents is 1. The number of benzene rings is 3. The van der Waals surface area contributed by atoms with E-state index in [2.05, 4.69) is 60.5 Å². The molecule has 4 rings (SSSR count). The summed E-state index contributed by atoms with van der Waals surface area (Å²) in [5.41, 5.74) is 3.92. The van der Waals surface area contributed by atoms with E-state index >= 15 is 0 Å². The minimum Gasteiger partial charge on any atom is -0.507 e. The normalized spacial score (nSPS) is 17.5. The van der Waals surface area contributed by atoms with Gasteiger partial charge in [-0.25, -0.2) is 0 Å². The van der Waals surface area contributed by atoms with E-state index in [-0.39, 0.29) is 0 Å². The Morgan fingerprint density at radius 3 is 2.38 bits per heavy atom. The highest BCUT2D eigenvalue weighted by Gasteiger charge is 2.24. The van der Waals surface area contributed by atoms with E-state index < -0.39 is 0 Å². The lowest BCUT2D eigenvalue weighted by Gasteiger charge is -2.22. The van der Waals surface area contributed by atoms with Crippen LogP contribution in [-0.4, -0.2) is 30.1 Å². The van der Waals surface area contributed by atoms with Crippen LogP contribution >= 0.6 is 11.8 Å². The molecule has 1 unspecified atom stereocenters. The summed E-state index contributed by atoms with van der Waals surface area (Å²) >= 11 is 1.63. The van der Waals surface area contributed by atoms with Gasteiger partial charge in [0.25, 0.3) is 0 Å². The Morgan fingerprint density at radius 1 is 0.962 bits per heavy atom. The van der Waals surface area contributed by atoms with Gasteiger partial charge in [0.1, 0.15) is 5.75 Å². The van der Waals surface area contributed by atoms with Gasteiger partial charge in [-0.2, -0.15) is 0 Å². The Hall–Kier alpha value is -2.23. The predicted molar refractivity (Wildman–Crippen MR) is 108 cm³/mol. The second-order valence-electron chi connectivity index (χ2n) is 6.91. The van der Waals surface area contributed by atoms with Gasteiger partial charge in [-0.15, -0.1) is 0 Å². The van der Waals surface area contributed by atoms with Crippen molar-refractivity contribution in [2.45, 2.75) is 22.1 Å². The highest BCUT2D eigenvalue weighted by molar-refractivity contribution is 7.99. The first kappa shape index (κ1) is 17.2. The van der Waals surface area contributed by atoms with E-state index in [1.807, 2.05) is 24.3 Å². The lowest BCUT2D eigenvalue weighted by atomic mass is 9.88. The van der Waals surface area contributed by atoms with Gasteiger partial charge in [-0.3, -0.25) is 0 Å². The minimum absolute atomic E-state index is 0.292. The molecule has 0 saturated heterocycles. The molecule has 3 aromatic rings. The third kappa shape index (κ3) is 3.64. The van der Waals surface area contributed by atoms with Crippen molar-refractivity contribution in [3.8, 4) is 5.75 Å². The van der Waals surface area contributed by atoms with Gasteiger partial charge >= 0.3 is 0 Å². The van der Waals surface area contributed by atoms with Crippen LogP contribution in [0.5, 0.6) is 5.75 Å². The van der Waals surface area contributed by atoms with Crippen molar-refractivity contribution >= 4 is 11.8 Å². The topological polar surface area (TPSA) is 23.5 Å². The number of hydrogen-bond donors (Lipinski definition) is 1. The molecule has 2 nitrogen and oxygen atoms in total. The van der Waals surface area contributed by atoms with Crippen molar-refractivity contribution < 1.29 is 5.11 Å². The molecule has 0 spiro atoms. The highest BCUT2D eigenvalue weighted by atomic mass is 32.2. The van der Waals surface area contributed by atoms with Gasteiger partial charge in [-0.05, 0) is 54.4 Å². The zero-order valence-electron chi connectivity index (χ0n) is 14.9. The van der Waals surface area contributed by atoms with Gasteiger partial charge in [0, 0.05) is 23.9 Å². The maximum Gasteiger partial charge on any atom is 0.129 e. The van der Waals surface area contributed by atoms with E-state index in [0.717, 1.165) is 29.3 Å². The summed E-state index contributed by atoms with van der Waals surface area (Å²) in [6, 6.07) is 25.1. The summed E-state index contributed by atoms with van der Waals surface area (Å²) < 4.78 is 0. The molecule has 132 valence electrons. The van der Waals surface area contributed by atoms with E-state index in [0.29, 0.717) is 11.7 Å². The van der Waals surface area contributed by atoms with Crippen LogP contribution in [0.15, 0.2) is 82.6 Å². The summed E-state index contributed by atoms with van der Waals surface area (Å²) in [6.07, 6.45) is 1.01. The third-order valence-corrected chi connectivity index (χ3v) is 6.08. The second-order valence-corrected chi connectivity index (χ2v) is 8.02. The van der Waals surface area contributed by atoms with Crippen LogP contribution in [0.25, 0.3) is 0 Å². The number of aromatic hydroxyl groups is 1. The first-order valence-electron chi connectivity index (χ1n) is 9.03. The Bertz CT molecular complexity index is 879. The molecule has 0 bridgehead atoms. The zero-order chi connectivity index (χ0) is 17.9. The molecule has 26 heavy (non-hydrogen) atoms. The largest absolute Gasteiger partial charge is 0.507 e. The number of phenols is 1. The van der Waals surface area contributed by atoms with Gasteiger partial charge in [0.2, 0.25) is 0 Å². The Kier molecular flexibility index (Phi) is 5.00. The van der Waals surface area contributed by atoms with Gasteiger partial charge in [0.05, 0.1) is 4.90 Å². The molecule has 3 heteroatoms. The van der Waals surface area contributed by atoms with Crippen molar-refractivity contribution in [3.05, 3.63) is 89.5 Å². The predicted octanol–water partition coefficient (Wildman–Crippen LogP) is 5.16. The fourth-order valence-corrected chi connectivity index (χ4v) is 4.56. The molecule has 1 N–H and O–H groups in total. The van der Waals surface area contributed by atoms with Gasteiger partial charge in [0.15, 0.2) is 0 Å². The molecular formula is C23H23NOS. The summed E-state index contributed by atoms with van der Waals surface area (Å²) in [6.45, 7) is 2.01. The van der Waals surface area contributed by atoms with Crippen molar-refractivity contribution in [1.29, 1.82) is 0 Å². The summed E-state index contributed by atoms with van der Waals surface area (Å²) in [5.74, 6) is 0.670. The Morgan fingerprint density at radius 2 is 1.65 bits per heavy atom. The molecule has 0 aromatic heterocycles. The monoisotopic (exact) mass is 361 g/mol. The first-order valence-corrected chi connectivity index (χ1v) is 9.84. The fraction of sp³-hybridized carbons (Fsp3) is 0.217. The van der Waals surface area contributed by atoms with E-state index in [4.69, 9.17) is 0 Å². The molecule has 1 atom stereocenters. The van der Waals surface area contributed by atoms with Gasteiger partial charge in [-0.1, -0.05) is 60.3 Å². The Balaban J connectivity index is 1.74. The lowest BCUT2D eigenvalue weighted by molar-refractivity contribution is 0.338. The summed E-state index contributed by atoms with van der Waals surface area (Å²) in [4.78, 5) is 4.47. The molecule has 1 aliphatic rings. The van der Waals surface area contributed by atoms with Crippen LogP contribution in [0.1, 0.15) is 22.6 Å². The van der Waals surface area contributed by atoms with Gasteiger partial charge < -0.3 is 10.0 Å². The van der Waals surface area contributed by atoms with Crippen molar-refractivity contribution in [2.24, 2.45) is 0 Å². The lowest BCUT2D eigenvalue weighted by Crippen LogP contribution is -2.24. The van der Waals surface area contributed by atoms with Crippen molar-refractivity contribution in [2.75, 3.05) is 20.1 Å². The Labute approximate surface area is 159 Å². The number of hydrogen-bond acceptors (Lipinski definition) is 3. The van der Waals surface area contributed by atoms with Crippen molar-refractivity contribution in [1.82, 2.24) is 4.90 Å². The average Bonchev–Trinajstić information content (AvgIpc) is 2.83. The van der Waals surface area contributed by atoms with Crippen LogP contribution in [0.4, 0.5) is 0 Å². The van der Waals surface area contributed by atoms with Crippen LogP contribution in [-0.2, 0) is 6.42 Å². The zero-order valence-corrected chi connectivity index (χ0v) is 15.7. The number of fused-ring (bicyclic) bond motifs is 1. The molecule has 1 aliphatic heterocycles. The molecule has 0 amide bonds. The van der Waals surface area contributed by atoms with E-state index in [1.165, 1.54) is 16.7 Å². The molecule has 1 heterocycles. The number of rotatable bonds is 3. The highest BCUT2D eigenvalue weighted by Crippen LogP contribution is 2.40. The molecular weight excluding hydrogens is 338 g/mol. The molecule has 0 radical (unpaired) electrons. The smallest absolute Gasteiger partial charge is 0.129 e. The number of nitrogens with zero attached hydrogens (tertiary/aromatic N) is 1. The molecule has 3 aromatic carbocycles. The quantitative estimate of drug-likeness (QED) is 0.697. The van der Waals surface area contributed by atoms with E-state index in [1.54, 1.807) is 11.8 Å². The second kappa shape index (κ2) is 7.56. The van der Waals surface area contributed by atoms with Crippen LogP contribution in [0.3, 0.4) is 0 Å². The molecule has 0 fully saturated rings. The third-order valence-electron chi connectivity index (χ3n) is 5.03. The molecule has 0 saturated carbocycles. The SMILES string of the molecule is CN1CCc2cc(Sc3ccccc3)c(O)cc2C(c2ccccc2)C1.